The normalized spacial score (nSPS) is 19.5. The molecule has 1 nitrogen and oxygen atoms in total. The highest BCUT2D eigenvalue weighted by atomic mass is 32.2. The van der Waals surface area contributed by atoms with Crippen molar-refractivity contribution in [1.29, 1.82) is 0 Å². The minimum absolute atomic E-state index is 0.212. The van der Waals surface area contributed by atoms with Crippen LogP contribution in [0.15, 0.2) is 59.5 Å². The molecular weight excluding hydrogens is 238 g/mol. The maximum absolute atomic E-state index is 6.41. The molecule has 0 fully saturated rings. The van der Waals surface area contributed by atoms with Crippen molar-refractivity contribution in [2.24, 2.45) is 5.73 Å². The van der Waals surface area contributed by atoms with Crippen LogP contribution in [-0.4, -0.2) is 11.8 Å². The molecule has 2 atom stereocenters. The third kappa shape index (κ3) is 2.31. The third-order valence-corrected chi connectivity index (χ3v) is 4.78. The van der Waals surface area contributed by atoms with Gasteiger partial charge in [0.25, 0.3) is 0 Å². The van der Waals surface area contributed by atoms with Crippen molar-refractivity contribution in [1.82, 2.24) is 0 Å². The summed E-state index contributed by atoms with van der Waals surface area (Å²) in [6, 6.07) is 19.4. The number of hydrogen-bond acceptors (Lipinski definition) is 2. The predicted molar refractivity (Wildman–Crippen MR) is 78.0 cm³/mol. The van der Waals surface area contributed by atoms with Gasteiger partial charge in [-0.25, -0.2) is 0 Å². The molecule has 2 aromatic rings. The minimum atomic E-state index is 0.212. The summed E-state index contributed by atoms with van der Waals surface area (Å²) in [5, 5.41) is 0. The van der Waals surface area contributed by atoms with E-state index in [1.807, 2.05) is 11.8 Å². The predicted octanol–water partition coefficient (Wildman–Crippen LogP) is 3.45. The first-order chi connectivity index (χ1) is 8.84. The molecule has 0 spiro atoms. The maximum atomic E-state index is 6.41. The number of hydrogen-bond donors (Lipinski definition) is 1. The van der Waals surface area contributed by atoms with Gasteiger partial charge in [-0.3, -0.25) is 0 Å². The van der Waals surface area contributed by atoms with Crippen LogP contribution in [-0.2, 0) is 6.42 Å². The number of fused-ring (bicyclic) bond motifs is 1. The molecule has 2 aromatic carbocycles. The first-order valence-electron chi connectivity index (χ1n) is 6.36. The molecule has 0 aliphatic carbocycles. The van der Waals surface area contributed by atoms with Gasteiger partial charge < -0.3 is 5.73 Å². The molecular formula is C16H17NS. The molecule has 18 heavy (non-hydrogen) atoms. The first kappa shape index (κ1) is 11.8. The molecule has 0 aromatic heterocycles. The van der Waals surface area contributed by atoms with Gasteiger partial charge in [-0.1, -0.05) is 48.5 Å². The Labute approximate surface area is 112 Å². The van der Waals surface area contributed by atoms with Crippen LogP contribution in [0.2, 0.25) is 0 Å². The van der Waals surface area contributed by atoms with Gasteiger partial charge in [0.05, 0.1) is 0 Å². The lowest BCUT2D eigenvalue weighted by Crippen LogP contribution is -2.30. The summed E-state index contributed by atoms with van der Waals surface area (Å²) < 4.78 is 0. The number of nitrogens with two attached hydrogens (primary N) is 1. The highest BCUT2D eigenvalue weighted by Gasteiger charge is 2.27. The van der Waals surface area contributed by atoms with Crippen molar-refractivity contribution in [2.45, 2.75) is 23.3 Å². The fraction of sp³-hybridized carbons (Fsp3) is 0.250. The summed E-state index contributed by atoms with van der Waals surface area (Å²) in [6.45, 7) is 0. The molecule has 2 N–H and O–H groups in total. The molecule has 0 saturated heterocycles. The molecule has 0 amide bonds. The van der Waals surface area contributed by atoms with Crippen LogP contribution in [0.25, 0.3) is 0 Å². The number of rotatable bonds is 3. The zero-order chi connectivity index (χ0) is 12.4. The van der Waals surface area contributed by atoms with Gasteiger partial charge in [0.2, 0.25) is 0 Å². The highest BCUT2D eigenvalue weighted by molar-refractivity contribution is 7.99. The van der Waals surface area contributed by atoms with E-state index in [0.717, 1.165) is 12.2 Å². The molecule has 1 heterocycles. The summed E-state index contributed by atoms with van der Waals surface area (Å²) in [5.74, 6) is 1.61. The van der Waals surface area contributed by atoms with Gasteiger partial charge in [0, 0.05) is 22.6 Å². The first-order valence-corrected chi connectivity index (χ1v) is 7.34. The van der Waals surface area contributed by atoms with E-state index in [4.69, 9.17) is 5.73 Å². The van der Waals surface area contributed by atoms with Gasteiger partial charge in [0.15, 0.2) is 0 Å². The van der Waals surface area contributed by atoms with Crippen LogP contribution >= 0.6 is 11.8 Å². The zero-order valence-electron chi connectivity index (χ0n) is 10.3. The summed E-state index contributed by atoms with van der Waals surface area (Å²) in [6.07, 6.45) is 0.959. The second kappa shape index (κ2) is 5.17. The van der Waals surface area contributed by atoms with E-state index in [1.54, 1.807) is 0 Å². The van der Waals surface area contributed by atoms with E-state index < -0.39 is 0 Å². The molecule has 0 bridgehead atoms. The fourth-order valence-electron chi connectivity index (χ4n) is 2.57. The van der Waals surface area contributed by atoms with Crippen molar-refractivity contribution in [3.8, 4) is 0 Å². The van der Waals surface area contributed by atoms with Crippen LogP contribution < -0.4 is 5.73 Å². The second-order valence-corrected chi connectivity index (χ2v) is 5.87. The molecule has 0 saturated carbocycles. The number of benzene rings is 2. The Bertz CT molecular complexity index is 524. The summed E-state index contributed by atoms with van der Waals surface area (Å²) in [7, 11) is 0. The number of thioether (sulfide) groups is 1. The van der Waals surface area contributed by atoms with Gasteiger partial charge in [-0.2, -0.15) is 0 Å². The van der Waals surface area contributed by atoms with Crippen LogP contribution in [0.5, 0.6) is 0 Å². The molecule has 1 aliphatic rings. The lowest BCUT2D eigenvalue weighted by Gasteiger charge is -2.19. The van der Waals surface area contributed by atoms with Crippen molar-refractivity contribution in [3.05, 3.63) is 65.7 Å². The van der Waals surface area contributed by atoms with E-state index in [2.05, 4.69) is 54.6 Å². The Balaban J connectivity index is 1.77. The largest absolute Gasteiger partial charge is 0.327 e. The Morgan fingerprint density at radius 3 is 2.61 bits per heavy atom. The van der Waals surface area contributed by atoms with E-state index in [9.17, 15) is 0 Å². The molecule has 0 radical (unpaired) electrons. The van der Waals surface area contributed by atoms with Crippen molar-refractivity contribution >= 4 is 11.8 Å². The summed E-state index contributed by atoms with van der Waals surface area (Å²) in [4.78, 5) is 1.41. The van der Waals surface area contributed by atoms with Crippen molar-refractivity contribution < 1.29 is 0 Å². The van der Waals surface area contributed by atoms with Crippen molar-refractivity contribution in [2.75, 3.05) is 5.75 Å². The van der Waals surface area contributed by atoms with E-state index in [-0.39, 0.29) is 6.04 Å². The molecule has 3 rings (SSSR count). The Kier molecular flexibility index (Phi) is 3.39. The Hall–Kier alpha value is -1.25. The van der Waals surface area contributed by atoms with Crippen LogP contribution in [0, 0.1) is 0 Å². The highest BCUT2D eigenvalue weighted by Crippen LogP contribution is 2.41. The van der Waals surface area contributed by atoms with Crippen LogP contribution in [0.1, 0.15) is 17.0 Å². The van der Waals surface area contributed by atoms with Gasteiger partial charge in [0.1, 0.15) is 0 Å². The SMILES string of the molecule is NC(Cc1ccccc1)C1CSc2ccccc21. The quantitative estimate of drug-likeness (QED) is 0.909. The second-order valence-electron chi connectivity index (χ2n) is 4.81. The monoisotopic (exact) mass is 255 g/mol. The van der Waals surface area contributed by atoms with Gasteiger partial charge in [-0.15, -0.1) is 11.8 Å². The topological polar surface area (TPSA) is 26.0 Å². The third-order valence-electron chi connectivity index (χ3n) is 3.57. The van der Waals surface area contributed by atoms with E-state index in [0.29, 0.717) is 5.92 Å². The molecule has 2 heteroatoms. The van der Waals surface area contributed by atoms with Gasteiger partial charge in [-0.05, 0) is 23.6 Å². The van der Waals surface area contributed by atoms with Crippen LogP contribution in [0.3, 0.4) is 0 Å². The average Bonchev–Trinajstić information content (AvgIpc) is 2.84. The standard InChI is InChI=1S/C16H17NS/c17-15(10-12-6-2-1-3-7-12)14-11-18-16-9-5-4-8-13(14)16/h1-9,14-15H,10-11,17H2. The molecule has 1 aliphatic heterocycles. The fourth-order valence-corrected chi connectivity index (χ4v) is 3.92. The minimum Gasteiger partial charge on any atom is -0.327 e. The van der Waals surface area contributed by atoms with Crippen LogP contribution in [0.4, 0.5) is 0 Å². The van der Waals surface area contributed by atoms with Gasteiger partial charge >= 0.3 is 0 Å². The molecule has 2 unspecified atom stereocenters. The van der Waals surface area contributed by atoms with Crippen molar-refractivity contribution in [3.63, 3.8) is 0 Å². The smallest absolute Gasteiger partial charge is 0.0157 e. The molecule has 92 valence electrons. The van der Waals surface area contributed by atoms with E-state index in [1.165, 1.54) is 16.0 Å². The Morgan fingerprint density at radius 2 is 1.78 bits per heavy atom. The lowest BCUT2D eigenvalue weighted by atomic mass is 9.90. The lowest BCUT2D eigenvalue weighted by molar-refractivity contribution is 0.572. The Morgan fingerprint density at radius 1 is 1.06 bits per heavy atom. The maximum Gasteiger partial charge on any atom is 0.0157 e. The average molecular weight is 255 g/mol. The summed E-state index contributed by atoms with van der Waals surface area (Å²) >= 11 is 1.93. The summed E-state index contributed by atoms with van der Waals surface area (Å²) in [5.41, 5.74) is 9.18. The zero-order valence-corrected chi connectivity index (χ0v) is 11.1. The van der Waals surface area contributed by atoms with E-state index >= 15 is 0 Å².